The van der Waals surface area contributed by atoms with Crippen LogP contribution in [0.25, 0.3) is 16.9 Å². The van der Waals surface area contributed by atoms with Crippen LogP contribution in [-0.2, 0) is 6.54 Å². The fourth-order valence-electron chi connectivity index (χ4n) is 4.67. The summed E-state index contributed by atoms with van der Waals surface area (Å²) in [6, 6.07) is 23.6. The van der Waals surface area contributed by atoms with E-state index in [1.807, 2.05) is 53.4 Å². The lowest BCUT2D eigenvalue weighted by Gasteiger charge is -2.34. The van der Waals surface area contributed by atoms with E-state index in [-0.39, 0.29) is 18.5 Å². The zero-order valence-electron chi connectivity index (χ0n) is 19.6. The monoisotopic (exact) mass is 484 g/mol. The van der Waals surface area contributed by atoms with E-state index in [0.29, 0.717) is 30.0 Å². The van der Waals surface area contributed by atoms with E-state index < -0.39 is 0 Å². The molecule has 4 aromatic rings. The highest BCUT2D eigenvalue weighted by Crippen LogP contribution is 2.33. The number of carbonyl (C=O) groups excluding carboxylic acids is 1. The van der Waals surface area contributed by atoms with E-state index in [2.05, 4.69) is 10.00 Å². The largest absolute Gasteiger partial charge is 0.454 e. The van der Waals surface area contributed by atoms with Crippen molar-refractivity contribution in [3.05, 3.63) is 95.9 Å². The molecule has 0 spiro atoms. The molecular weight excluding hydrogens is 459 g/mol. The summed E-state index contributed by atoms with van der Waals surface area (Å²) < 4.78 is 27.0. The molecule has 6 rings (SSSR count). The van der Waals surface area contributed by atoms with Crippen LogP contribution in [0.4, 0.5) is 4.39 Å². The summed E-state index contributed by atoms with van der Waals surface area (Å²) in [6.45, 7) is 3.73. The molecule has 0 unspecified atom stereocenters. The van der Waals surface area contributed by atoms with Gasteiger partial charge in [-0.3, -0.25) is 9.69 Å². The van der Waals surface area contributed by atoms with Gasteiger partial charge in [-0.25, -0.2) is 9.07 Å². The van der Waals surface area contributed by atoms with Gasteiger partial charge >= 0.3 is 0 Å². The summed E-state index contributed by atoms with van der Waals surface area (Å²) in [5.74, 6) is 1.07. The number of amides is 1. The number of carbonyl (C=O) groups is 1. The van der Waals surface area contributed by atoms with E-state index in [0.717, 1.165) is 42.4 Å². The molecule has 0 saturated carbocycles. The zero-order chi connectivity index (χ0) is 24.5. The van der Waals surface area contributed by atoms with Crippen molar-refractivity contribution in [3.63, 3.8) is 0 Å². The molecule has 1 saturated heterocycles. The summed E-state index contributed by atoms with van der Waals surface area (Å²) in [7, 11) is 0. The van der Waals surface area contributed by atoms with Gasteiger partial charge in [0.05, 0.1) is 11.4 Å². The van der Waals surface area contributed by atoms with Crippen LogP contribution in [0.5, 0.6) is 11.5 Å². The van der Waals surface area contributed by atoms with Crippen LogP contribution >= 0.6 is 0 Å². The van der Waals surface area contributed by atoms with E-state index in [1.54, 1.807) is 28.9 Å². The Hall–Kier alpha value is -4.17. The van der Waals surface area contributed by atoms with Crippen LogP contribution in [0.3, 0.4) is 0 Å². The lowest BCUT2D eigenvalue weighted by atomic mass is 10.1. The van der Waals surface area contributed by atoms with Crippen LogP contribution in [-0.4, -0.2) is 58.5 Å². The maximum absolute atomic E-state index is 14.5. The average molecular weight is 485 g/mol. The fraction of sp³-hybridized carbons (Fsp3) is 0.214. The minimum Gasteiger partial charge on any atom is -0.454 e. The average Bonchev–Trinajstić information content (AvgIpc) is 3.57. The van der Waals surface area contributed by atoms with Crippen molar-refractivity contribution in [3.8, 4) is 28.4 Å². The quantitative estimate of drug-likeness (QED) is 0.421. The molecule has 182 valence electrons. The van der Waals surface area contributed by atoms with Crippen LogP contribution in [0.2, 0.25) is 0 Å². The number of halogens is 1. The third-order valence-corrected chi connectivity index (χ3v) is 6.58. The zero-order valence-corrected chi connectivity index (χ0v) is 19.6. The number of piperazine rings is 1. The molecule has 0 N–H and O–H groups in total. The van der Waals surface area contributed by atoms with Gasteiger partial charge in [0.15, 0.2) is 11.5 Å². The number of rotatable bonds is 5. The molecule has 8 heteroatoms. The summed E-state index contributed by atoms with van der Waals surface area (Å²) in [5, 5.41) is 4.62. The highest BCUT2D eigenvalue weighted by Gasteiger charge is 2.27. The summed E-state index contributed by atoms with van der Waals surface area (Å²) in [6.07, 6.45) is 0. The van der Waals surface area contributed by atoms with Crippen molar-refractivity contribution in [2.24, 2.45) is 0 Å². The van der Waals surface area contributed by atoms with E-state index >= 15 is 0 Å². The Kier molecular flexibility index (Phi) is 5.87. The predicted molar refractivity (Wildman–Crippen MR) is 133 cm³/mol. The fourth-order valence-corrected chi connectivity index (χ4v) is 4.67. The third kappa shape index (κ3) is 4.31. The van der Waals surface area contributed by atoms with E-state index in [9.17, 15) is 9.18 Å². The highest BCUT2D eigenvalue weighted by molar-refractivity contribution is 5.94. The number of hydrogen-bond acceptors (Lipinski definition) is 5. The first kappa shape index (κ1) is 22.3. The van der Waals surface area contributed by atoms with Crippen molar-refractivity contribution in [2.75, 3.05) is 33.0 Å². The van der Waals surface area contributed by atoms with Crippen molar-refractivity contribution < 1.29 is 18.7 Å². The molecule has 3 heterocycles. The Morgan fingerprint density at radius 3 is 2.42 bits per heavy atom. The van der Waals surface area contributed by atoms with Gasteiger partial charge in [0.2, 0.25) is 6.79 Å². The molecule has 2 aliphatic rings. The van der Waals surface area contributed by atoms with E-state index in [4.69, 9.17) is 9.47 Å². The van der Waals surface area contributed by atoms with Crippen molar-refractivity contribution in [1.29, 1.82) is 0 Å². The third-order valence-electron chi connectivity index (χ3n) is 6.58. The molecular formula is C28H25FN4O3. The van der Waals surface area contributed by atoms with Crippen LogP contribution < -0.4 is 9.47 Å². The normalized spacial score (nSPS) is 15.3. The second-order valence-corrected chi connectivity index (χ2v) is 8.90. The topological polar surface area (TPSA) is 59.8 Å². The molecule has 1 aromatic heterocycles. The van der Waals surface area contributed by atoms with Gasteiger partial charge in [0, 0.05) is 38.3 Å². The smallest absolute Gasteiger partial charge is 0.272 e. The minimum atomic E-state index is -0.369. The molecule has 0 bridgehead atoms. The standard InChI is InChI=1S/C28H25FN4O3/c29-23-9-5-4-8-22(23)24-17-25(33(30-24)21-6-2-1-3-7-21)28(34)32-14-12-31(13-15-32)18-20-10-11-26-27(16-20)36-19-35-26/h1-11,16-17H,12-15,18-19H2. The summed E-state index contributed by atoms with van der Waals surface area (Å²) in [5.41, 5.74) is 3.13. The Balaban J connectivity index is 1.20. The van der Waals surface area contributed by atoms with Gasteiger partial charge in [0.1, 0.15) is 11.5 Å². The van der Waals surface area contributed by atoms with E-state index in [1.165, 1.54) is 6.07 Å². The van der Waals surface area contributed by atoms with Crippen LogP contribution in [0.1, 0.15) is 16.1 Å². The number of para-hydroxylation sites is 1. The molecule has 3 aromatic carbocycles. The maximum atomic E-state index is 14.5. The molecule has 0 radical (unpaired) electrons. The first-order chi connectivity index (χ1) is 17.7. The van der Waals surface area contributed by atoms with Crippen molar-refractivity contribution >= 4 is 5.91 Å². The van der Waals surface area contributed by atoms with Crippen LogP contribution in [0.15, 0.2) is 78.9 Å². The van der Waals surface area contributed by atoms with Gasteiger partial charge in [-0.1, -0.05) is 36.4 Å². The lowest BCUT2D eigenvalue weighted by molar-refractivity contribution is 0.0619. The Bertz CT molecular complexity index is 1400. The number of benzene rings is 3. The van der Waals surface area contributed by atoms with Gasteiger partial charge < -0.3 is 14.4 Å². The number of nitrogens with zero attached hydrogens (tertiary/aromatic N) is 4. The molecule has 1 fully saturated rings. The Morgan fingerprint density at radius 2 is 1.61 bits per heavy atom. The minimum absolute atomic E-state index is 0.114. The van der Waals surface area contributed by atoms with Crippen LogP contribution in [0, 0.1) is 5.82 Å². The number of ether oxygens (including phenoxy) is 2. The Labute approximate surface area is 208 Å². The number of fused-ring (bicyclic) bond motifs is 1. The van der Waals surface area contributed by atoms with Gasteiger partial charge in [-0.2, -0.15) is 5.10 Å². The first-order valence-electron chi connectivity index (χ1n) is 12.0. The molecule has 2 aliphatic heterocycles. The predicted octanol–water partition coefficient (Wildman–Crippen LogP) is 4.37. The molecule has 1 amide bonds. The molecule has 0 atom stereocenters. The molecule has 7 nitrogen and oxygen atoms in total. The molecule has 0 aliphatic carbocycles. The maximum Gasteiger partial charge on any atom is 0.272 e. The first-order valence-corrected chi connectivity index (χ1v) is 12.0. The summed E-state index contributed by atoms with van der Waals surface area (Å²) >= 11 is 0. The summed E-state index contributed by atoms with van der Waals surface area (Å²) in [4.78, 5) is 17.8. The second-order valence-electron chi connectivity index (χ2n) is 8.90. The Morgan fingerprint density at radius 1 is 0.861 bits per heavy atom. The second kappa shape index (κ2) is 9.47. The SMILES string of the molecule is O=C(c1cc(-c2ccccc2F)nn1-c1ccccc1)N1CCN(Cc2ccc3c(c2)OCO3)CC1. The molecule has 36 heavy (non-hydrogen) atoms. The number of hydrogen-bond donors (Lipinski definition) is 0. The number of aromatic nitrogens is 2. The van der Waals surface area contributed by atoms with Gasteiger partial charge in [-0.05, 0) is 48.0 Å². The van der Waals surface area contributed by atoms with Gasteiger partial charge in [-0.15, -0.1) is 0 Å². The van der Waals surface area contributed by atoms with Crippen molar-refractivity contribution in [2.45, 2.75) is 6.54 Å². The highest BCUT2D eigenvalue weighted by atomic mass is 19.1. The van der Waals surface area contributed by atoms with Crippen molar-refractivity contribution in [1.82, 2.24) is 19.6 Å². The lowest BCUT2D eigenvalue weighted by Crippen LogP contribution is -2.48. The van der Waals surface area contributed by atoms with Gasteiger partial charge in [0.25, 0.3) is 5.91 Å².